The summed E-state index contributed by atoms with van der Waals surface area (Å²) in [5.74, 6) is 0.456. The van der Waals surface area contributed by atoms with E-state index in [1.165, 1.54) is 0 Å². The van der Waals surface area contributed by atoms with Crippen LogP contribution in [-0.2, 0) is 0 Å². The van der Waals surface area contributed by atoms with Crippen LogP contribution in [0.25, 0.3) is 0 Å². The fourth-order valence-corrected chi connectivity index (χ4v) is 0.497. The van der Waals surface area contributed by atoms with E-state index in [2.05, 4.69) is 30.1 Å². The van der Waals surface area contributed by atoms with Crippen molar-refractivity contribution < 1.29 is 116 Å². The van der Waals surface area contributed by atoms with Crippen LogP contribution in [0.5, 0.6) is 0 Å². The maximum Gasteiger partial charge on any atom is 1.00 e. The van der Waals surface area contributed by atoms with Crippen molar-refractivity contribution in [1.29, 1.82) is 0 Å². The molecule has 0 radical (unpaired) electrons. The number of aromatic nitrogens is 2. The Morgan fingerprint density at radius 1 is 1.50 bits per heavy atom. The molecule has 0 saturated carbocycles. The number of hydrogen-bond donors (Lipinski definition) is 0. The Morgan fingerprint density at radius 3 is 2.30 bits per heavy atom. The molecular weight excluding hydrogens is 271 g/mol. The summed E-state index contributed by atoms with van der Waals surface area (Å²) in [7, 11) is 0. The van der Waals surface area contributed by atoms with Crippen LogP contribution in [0.4, 0.5) is 0 Å². The molecule has 0 bridgehead atoms. The van der Waals surface area contributed by atoms with Crippen LogP contribution in [0, 0.1) is 6.07 Å². The standard InChI is InChI=1S/C6H8N2.2Rb/c1-5(2)6-3-4-7-8-6;;/h4-5H,1-2H3;;/q-2;2*+1. The minimum Gasteiger partial charge on any atom is -0.616 e. The van der Waals surface area contributed by atoms with E-state index < -0.39 is 0 Å². The molecule has 1 heterocycles. The van der Waals surface area contributed by atoms with E-state index in [9.17, 15) is 0 Å². The largest absolute Gasteiger partial charge is 1.00 e. The second kappa shape index (κ2) is 8.42. The quantitative estimate of drug-likeness (QED) is 0.481. The maximum absolute atomic E-state index is 3.81. The molecule has 10 heavy (non-hydrogen) atoms. The van der Waals surface area contributed by atoms with Crippen LogP contribution in [0.1, 0.15) is 25.5 Å². The third kappa shape index (κ3) is 5.46. The zero-order chi connectivity index (χ0) is 5.98. The second-order valence-electron chi connectivity index (χ2n) is 2.03. The summed E-state index contributed by atoms with van der Waals surface area (Å²) in [6.07, 6.45) is 1.59. The number of rotatable bonds is 1. The zero-order valence-corrected chi connectivity index (χ0v) is 16.9. The summed E-state index contributed by atoms with van der Waals surface area (Å²) in [6, 6.07) is 2.91. The fraction of sp³-hybridized carbons (Fsp3) is 0.500. The van der Waals surface area contributed by atoms with E-state index in [0.29, 0.717) is 5.92 Å². The van der Waals surface area contributed by atoms with Crippen molar-refractivity contribution in [2.45, 2.75) is 19.8 Å². The van der Waals surface area contributed by atoms with Crippen molar-refractivity contribution in [3.8, 4) is 0 Å². The van der Waals surface area contributed by atoms with Gasteiger partial charge in [-0.1, -0.05) is 13.8 Å². The SMILES string of the molecule is CC(C)c1[c-]c[n-]n1.[Rb+].[Rb+]. The summed E-state index contributed by atoms with van der Waals surface area (Å²) < 4.78 is 0. The summed E-state index contributed by atoms with van der Waals surface area (Å²) >= 11 is 0. The minimum absolute atomic E-state index is 0. The van der Waals surface area contributed by atoms with Gasteiger partial charge in [0.2, 0.25) is 0 Å². The molecule has 0 spiro atoms. The van der Waals surface area contributed by atoms with E-state index in [4.69, 9.17) is 0 Å². The molecule has 0 unspecified atom stereocenters. The van der Waals surface area contributed by atoms with Gasteiger partial charge in [0.25, 0.3) is 0 Å². The van der Waals surface area contributed by atoms with E-state index in [-0.39, 0.29) is 116 Å². The molecular formula is C6H8N2Rb2. The van der Waals surface area contributed by atoms with Gasteiger partial charge in [0.1, 0.15) is 0 Å². The summed E-state index contributed by atoms with van der Waals surface area (Å²) in [5, 5.41) is 7.45. The van der Waals surface area contributed by atoms with Crippen LogP contribution in [0.2, 0.25) is 0 Å². The Hall–Kier alpha value is 2.82. The number of nitrogens with zero attached hydrogens (tertiary/aromatic N) is 2. The van der Waals surface area contributed by atoms with Gasteiger partial charge >= 0.3 is 116 Å². The monoisotopic (exact) mass is 278 g/mol. The van der Waals surface area contributed by atoms with Crippen molar-refractivity contribution in [2.75, 3.05) is 0 Å². The van der Waals surface area contributed by atoms with Gasteiger partial charge in [-0.3, -0.25) is 0 Å². The molecule has 0 aliphatic heterocycles. The van der Waals surface area contributed by atoms with Gasteiger partial charge in [0, 0.05) is 0 Å². The summed E-state index contributed by atoms with van der Waals surface area (Å²) in [6.45, 7) is 4.14. The first kappa shape index (κ1) is 15.3. The Labute approximate surface area is 160 Å². The first-order chi connectivity index (χ1) is 3.80. The normalized spacial score (nSPS) is 8.30. The molecule has 1 aromatic heterocycles. The first-order valence-corrected chi connectivity index (χ1v) is 2.66. The maximum atomic E-state index is 3.81. The molecule has 0 amide bonds. The Morgan fingerprint density at radius 2 is 2.10 bits per heavy atom. The summed E-state index contributed by atoms with van der Waals surface area (Å²) in [5.41, 5.74) is 0.949. The van der Waals surface area contributed by atoms with Crippen LogP contribution < -0.4 is 121 Å². The van der Waals surface area contributed by atoms with E-state index in [0.717, 1.165) is 5.69 Å². The van der Waals surface area contributed by atoms with Gasteiger partial charge in [0.05, 0.1) is 0 Å². The predicted octanol–water partition coefficient (Wildman–Crippen LogP) is -5.03. The van der Waals surface area contributed by atoms with Crippen molar-refractivity contribution in [3.63, 3.8) is 0 Å². The van der Waals surface area contributed by atoms with Crippen molar-refractivity contribution in [3.05, 3.63) is 18.0 Å². The van der Waals surface area contributed by atoms with Crippen molar-refractivity contribution >= 4 is 0 Å². The molecule has 2 nitrogen and oxygen atoms in total. The van der Waals surface area contributed by atoms with Crippen molar-refractivity contribution in [2.24, 2.45) is 0 Å². The third-order valence-corrected chi connectivity index (χ3v) is 0.983. The van der Waals surface area contributed by atoms with E-state index in [1.807, 2.05) is 0 Å². The molecule has 4 heteroatoms. The molecule has 0 atom stereocenters. The molecule has 0 aliphatic carbocycles. The molecule has 1 aromatic rings. The average Bonchev–Trinajstić information content (AvgIpc) is 2.12. The molecule has 0 aliphatic rings. The molecule has 0 saturated heterocycles. The van der Waals surface area contributed by atoms with Gasteiger partial charge in [-0.15, -0.1) is 0 Å². The molecule has 1 rings (SSSR count). The molecule has 0 aromatic carbocycles. The van der Waals surface area contributed by atoms with Gasteiger partial charge in [-0.2, -0.15) is 5.69 Å². The number of hydrogen-bond acceptors (Lipinski definition) is 1. The van der Waals surface area contributed by atoms with Gasteiger partial charge in [-0.05, 0) is 5.92 Å². The van der Waals surface area contributed by atoms with Crippen LogP contribution in [0.15, 0.2) is 6.20 Å². The van der Waals surface area contributed by atoms with E-state index >= 15 is 0 Å². The van der Waals surface area contributed by atoms with Gasteiger partial charge < -0.3 is 22.5 Å². The van der Waals surface area contributed by atoms with Crippen LogP contribution in [-0.4, -0.2) is 5.10 Å². The fourth-order valence-electron chi connectivity index (χ4n) is 0.497. The molecule has 0 fully saturated rings. The van der Waals surface area contributed by atoms with Crippen LogP contribution in [0.3, 0.4) is 0 Å². The van der Waals surface area contributed by atoms with Crippen LogP contribution >= 0.6 is 0 Å². The Balaban J connectivity index is 0. The topological polar surface area (TPSA) is 27.0 Å². The Bertz CT molecular complexity index is 149. The average molecular weight is 279 g/mol. The first-order valence-electron chi connectivity index (χ1n) is 2.66. The van der Waals surface area contributed by atoms with Crippen molar-refractivity contribution in [1.82, 2.24) is 10.2 Å². The predicted molar refractivity (Wildman–Crippen MR) is 30.5 cm³/mol. The summed E-state index contributed by atoms with van der Waals surface area (Å²) in [4.78, 5) is 0. The third-order valence-electron chi connectivity index (χ3n) is 0.983. The van der Waals surface area contributed by atoms with E-state index in [1.54, 1.807) is 6.20 Å². The Kier molecular flexibility index (Phi) is 12.9. The minimum atomic E-state index is 0. The van der Waals surface area contributed by atoms with Gasteiger partial charge in [0.15, 0.2) is 0 Å². The second-order valence-corrected chi connectivity index (χ2v) is 2.03. The molecule has 44 valence electrons. The zero-order valence-electron chi connectivity index (χ0n) is 7.05. The van der Waals surface area contributed by atoms with Gasteiger partial charge in [-0.25, -0.2) is 0 Å². The molecule has 0 N–H and O–H groups in total. The smallest absolute Gasteiger partial charge is 0.616 e.